The molecule has 0 saturated carbocycles. The number of aliphatic hydroxyl groups excluding tert-OH is 2. The highest BCUT2D eigenvalue weighted by atomic mass is 16.3. The minimum absolute atomic E-state index is 0.0514. The molecule has 3 N–H and O–H groups in total. The fraction of sp³-hybridized carbons (Fsp3) is 0.737. The van der Waals surface area contributed by atoms with Crippen LogP contribution >= 0.6 is 0 Å². The van der Waals surface area contributed by atoms with Crippen molar-refractivity contribution in [3.63, 3.8) is 0 Å². The van der Waals surface area contributed by atoms with Crippen LogP contribution in [0.25, 0.3) is 0 Å². The summed E-state index contributed by atoms with van der Waals surface area (Å²) >= 11 is 0. The van der Waals surface area contributed by atoms with Gasteiger partial charge in [-0.3, -0.25) is 4.79 Å². The number of allylic oxidation sites excluding steroid dienone is 14. The molecule has 0 heterocycles. The van der Waals surface area contributed by atoms with Gasteiger partial charge in [-0.1, -0.05) is 259 Å². The maximum Gasteiger partial charge on any atom is 0.220 e. The Kier molecular flexibility index (Phi) is 49.8. The third-order valence-corrected chi connectivity index (χ3v) is 11.7. The van der Waals surface area contributed by atoms with Crippen molar-refractivity contribution in [2.75, 3.05) is 6.61 Å². The van der Waals surface area contributed by atoms with Gasteiger partial charge in [-0.25, -0.2) is 0 Å². The molecule has 0 aromatic rings. The standard InChI is InChI=1S/C57H101NO3/c1-3-5-7-9-11-13-15-17-19-21-23-25-27-28-29-30-31-33-35-37-39-41-43-45-47-49-51-53-57(61)58-55(54-59)56(60)52-50-48-46-44-42-40-38-36-34-32-26-24-22-20-18-16-14-12-10-8-6-4-2/h5,7,11,13,17,19,23,25,28-29,31,33,37,39,55-56,59-60H,3-4,6,8-10,12,14-16,18,20-22,24,26-27,30,32,34-36,38,40-54H2,1-2H3,(H,58,61)/b7-5-,13-11-,19-17-,25-23-,29-28-,33-31-,39-37-. The van der Waals surface area contributed by atoms with Crippen LogP contribution in [0.2, 0.25) is 0 Å². The maximum absolute atomic E-state index is 12.5. The summed E-state index contributed by atoms with van der Waals surface area (Å²) in [5.41, 5.74) is 0. The van der Waals surface area contributed by atoms with Gasteiger partial charge in [0.05, 0.1) is 18.8 Å². The van der Waals surface area contributed by atoms with Crippen molar-refractivity contribution < 1.29 is 15.0 Å². The van der Waals surface area contributed by atoms with E-state index in [2.05, 4.69) is 104 Å². The van der Waals surface area contributed by atoms with E-state index < -0.39 is 12.1 Å². The van der Waals surface area contributed by atoms with E-state index in [0.717, 1.165) is 83.5 Å². The number of aliphatic hydroxyl groups is 2. The summed E-state index contributed by atoms with van der Waals surface area (Å²) in [6.45, 7) is 4.25. The molecule has 0 fully saturated rings. The molecule has 0 rings (SSSR count). The third-order valence-electron chi connectivity index (χ3n) is 11.7. The van der Waals surface area contributed by atoms with Gasteiger partial charge >= 0.3 is 0 Å². The van der Waals surface area contributed by atoms with Crippen molar-refractivity contribution in [1.82, 2.24) is 5.32 Å². The predicted octanol–water partition coefficient (Wildman–Crippen LogP) is 17.2. The lowest BCUT2D eigenvalue weighted by Gasteiger charge is -2.22. The second-order valence-electron chi connectivity index (χ2n) is 17.6. The molecule has 0 bridgehead atoms. The molecule has 0 saturated heterocycles. The molecule has 352 valence electrons. The Balaban J connectivity index is 3.59. The zero-order valence-electron chi connectivity index (χ0n) is 40.4. The van der Waals surface area contributed by atoms with Gasteiger partial charge in [0.2, 0.25) is 5.91 Å². The van der Waals surface area contributed by atoms with Gasteiger partial charge in [0.25, 0.3) is 0 Å². The van der Waals surface area contributed by atoms with Gasteiger partial charge < -0.3 is 15.5 Å². The molecule has 0 spiro atoms. The highest BCUT2D eigenvalue weighted by molar-refractivity contribution is 5.76. The summed E-state index contributed by atoms with van der Waals surface area (Å²) in [6.07, 6.45) is 75.4. The summed E-state index contributed by atoms with van der Waals surface area (Å²) in [7, 11) is 0. The first-order valence-electron chi connectivity index (χ1n) is 26.3. The largest absolute Gasteiger partial charge is 0.394 e. The van der Waals surface area contributed by atoms with Crippen LogP contribution in [-0.4, -0.2) is 34.9 Å². The molecule has 0 aliphatic heterocycles. The Morgan fingerprint density at radius 3 is 1.08 bits per heavy atom. The van der Waals surface area contributed by atoms with Crippen LogP contribution in [0.15, 0.2) is 85.1 Å². The summed E-state index contributed by atoms with van der Waals surface area (Å²) in [5.74, 6) is -0.0514. The topological polar surface area (TPSA) is 69.6 Å². The van der Waals surface area contributed by atoms with Crippen LogP contribution in [0.1, 0.15) is 251 Å². The van der Waals surface area contributed by atoms with E-state index in [1.165, 1.54) is 141 Å². The van der Waals surface area contributed by atoms with Crippen molar-refractivity contribution in [3.05, 3.63) is 85.1 Å². The first-order valence-corrected chi connectivity index (χ1v) is 26.3. The lowest BCUT2D eigenvalue weighted by molar-refractivity contribution is -0.123. The average molecular weight is 848 g/mol. The number of hydrogen-bond acceptors (Lipinski definition) is 3. The lowest BCUT2D eigenvalue weighted by Crippen LogP contribution is -2.45. The van der Waals surface area contributed by atoms with E-state index in [-0.39, 0.29) is 12.5 Å². The Morgan fingerprint density at radius 2 is 0.721 bits per heavy atom. The van der Waals surface area contributed by atoms with Crippen molar-refractivity contribution in [2.24, 2.45) is 0 Å². The second kappa shape index (κ2) is 51.9. The van der Waals surface area contributed by atoms with E-state index in [1.807, 2.05) is 0 Å². The van der Waals surface area contributed by atoms with Crippen molar-refractivity contribution in [1.29, 1.82) is 0 Å². The molecule has 0 aromatic heterocycles. The third kappa shape index (κ3) is 48.5. The Labute approximate surface area is 380 Å². The SMILES string of the molecule is CC/C=C\C/C=C\C/C=C\C/C=C\C/C=C\C/C=C\C/C=C\CCCCCCCC(=O)NC(CO)C(O)CCCCCCCCCCCCCCCCCCCCCCCC. The molecular weight excluding hydrogens is 747 g/mol. The molecule has 0 aliphatic rings. The first-order chi connectivity index (χ1) is 30.2. The van der Waals surface area contributed by atoms with Gasteiger partial charge in [0, 0.05) is 6.42 Å². The van der Waals surface area contributed by atoms with E-state index >= 15 is 0 Å². The number of hydrogen-bond donors (Lipinski definition) is 3. The van der Waals surface area contributed by atoms with Crippen LogP contribution in [0.4, 0.5) is 0 Å². The van der Waals surface area contributed by atoms with Crippen LogP contribution < -0.4 is 5.32 Å². The number of nitrogens with one attached hydrogen (secondary N) is 1. The number of carbonyl (C=O) groups excluding carboxylic acids is 1. The van der Waals surface area contributed by atoms with Crippen molar-refractivity contribution in [2.45, 2.75) is 264 Å². The fourth-order valence-corrected chi connectivity index (χ4v) is 7.69. The van der Waals surface area contributed by atoms with Gasteiger partial charge in [-0.2, -0.15) is 0 Å². The molecule has 2 unspecified atom stereocenters. The van der Waals surface area contributed by atoms with E-state index in [4.69, 9.17) is 0 Å². The highest BCUT2D eigenvalue weighted by Gasteiger charge is 2.20. The average Bonchev–Trinajstić information content (AvgIpc) is 3.26. The van der Waals surface area contributed by atoms with Crippen LogP contribution in [-0.2, 0) is 4.79 Å². The number of carbonyl (C=O) groups is 1. The van der Waals surface area contributed by atoms with Gasteiger partial charge in [-0.15, -0.1) is 0 Å². The second-order valence-corrected chi connectivity index (χ2v) is 17.6. The summed E-state index contributed by atoms with van der Waals surface area (Å²) in [4.78, 5) is 12.5. The number of rotatable bonds is 47. The number of amides is 1. The molecule has 61 heavy (non-hydrogen) atoms. The van der Waals surface area contributed by atoms with Crippen molar-refractivity contribution >= 4 is 5.91 Å². The van der Waals surface area contributed by atoms with E-state index in [1.54, 1.807) is 0 Å². The Morgan fingerprint density at radius 1 is 0.410 bits per heavy atom. The van der Waals surface area contributed by atoms with E-state index in [9.17, 15) is 15.0 Å². The molecule has 2 atom stereocenters. The minimum atomic E-state index is -0.675. The molecule has 0 radical (unpaired) electrons. The summed E-state index contributed by atoms with van der Waals surface area (Å²) in [6, 6.07) is -0.554. The van der Waals surface area contributed by atoms with Gasteiger partial charge in [0.1, 0.15) is 0 Å². The first kappa shape index (κ1) is 58.6. The van der Waals surface area contributed by atoms with Crippen molar-refractivity contribution in [3.8, 4) is 0 Å². The van der Waals surface area contributed by atoms with E-state index in [0.29, 0.717) is 12.8 Å². The maximum atomic E-state index is 12.5. The fourth-order valence-electron chi connectivity index (χ4n) is 7.69. The molecule has 0 aromatic carbocycles. The molecule has 1 amide bonds. The summed E-state index contributed by atoms with van der Waals surface area (Å²) in [5, 5.41) is 23.3. The van der Waals surface area contributed by atoms with Gasteiger partial charge in [0.15, 0.2) is 0 Å². The quantitative estimate of drug-likeness (QED) is 0.0422. The zero-order chi connectivity index (χ0) is 44.2. The zero-order valence-corrected chi connectivity index (χ0v) is 40.4. The predicted molar refractivity (Wildman–Crippen MR) is 271 cm³/mol. The Hall–Kier alpha value is -2.43. The van der Waals surface area contributed by atoms with Crippen LogP contribution in [0.5, 0.6) is 0 Å². The summed E-state index contributed by atoms with van der Waals surface area (Å²) < 4.78 is 0. The molecule has 4 nitrogen and oxygen atoms in total. The minimum Gasteiger partial charge on any atom is -0.394 e. The van der Waals surface area contributed by atoms with Crippen LogP contribution in [0, 0.1) is 0 Å². The van der Waals surface area contributed by atoms with Gasteiger partial charge in [-0.05, 0) is 70.6 Å². The molecular formula is C57H101NO3. The number of unbranched alkanes of at least 4 members (excludes halogenated alkanes) is 26. The van der Waals surface area contributed by atoms with Crippen LogP contribution in [0.3, 0.4) is 0 Å². The molecule has 4 heteroatoms. The monoisotopic (exact) mass is 848 g/mol. The Bertz CT molecular complexity index is 1100. The molecule has 0 aliphatic carbocycles. The lowest BCUT2D eigenvalue weighted by atomic mass is 10.0. The normalized spacial score (nSPS) is 13.6. The highest BCUT2D eigenvalue weighted by Crippen LogP contribution is 2.16. The smallest absolute Gasteiger partial charge is 0.220 e.